The number of aryl methyl sites for hydroxylation is 1. The van der Waals surface area contributed by atoms with Crippen molar-refractivity contribution in [3.63, 3.8) is 0 Å². The molecule has 2 rings (SSSR count). The van der Waals surface area contributed by atoms with E-state index in [-0.39, 0.29) is 5.75 Å². The molecule has 0 saturated carbocycles. The van der Waals surface area contributed by atoms with Gasteiger partial charge in [-0.1, -0.05) is 6.07 Å². The average molecular weight is 235 g/mol. The Kier molecular flexibility index (Phi) is 3.15. The van der Waals surface area contributed by atoms with Crippen LogP contribution in [0.5, 0.6) is 5.75 Å². The van der Waals surface area contributed by atoms with Gasteiger partial charge in [0.05, 0.1) is 13.2 Å². The topological polar surface area (TPSA) is 48.4 Å². The quantitative estimate of drug-likeness (QED) is 0.889. The molecule has 1 aromatic carbocycles. The Labute approximate surface area is 99.0 Å². The normalized spacial score (nSPS) is 12.5. The molecule has 17 heavy (non-hydrogen) atoms. The number of hydrogen-bond acceptors (Lipinski definition) is 3. The van der Waals surface area contributed by atoms with E-state index >= 15 is 0 Å². The lowest BCUT2D eigenvalue weighted by Crippen LogP contribution is -2.11. The third-order valence-corrected chi connectivity index (χ3v) is 2.60. The van der Waals surface area contributed by atoms with Gasteiger partial charge in [-0.3, -0.25) is 0 Å². The van der Waals surface area contributed by atoms with E-state index in [1.165, 1.54) is 13.2 Å². The summed E-state index contributed by atoms with van der Waals surface area (Å²) in [6.07, 6.45) is 0. The van der Waals surface area contributed by atoms with Crippen LogP contribution in [0.4, 0.5) is 4.39 Å². The molecule has 0 amide bonds. The Morgan fingerprint density at radius 3 is 2.65 bits per heavy atom. The number of halogens is 1. The highest BCUT2D eigenvalue weighted by atomic mass is 19.1. The van der Waals surface area contributed by atoms with Crippen LogP contribution >= 0.6 is 0 Å². The molecule has 0 fully saturated rings. The van der Waals surface area contributed by atoms with Crippen LogP contribution in [0.1, 0.15) is 23.1 Å². The summed E-state index contributed by atoms with van der Waals surface area (Å²) in [7, 11) is 1.42. The predicted molar refractivity (Wildman–Crippen MR) is 62.4 cm³/mol. The first-order chi connectivity index (χ1) is 8.11. The van der Waals surface area contributed by atoms with Crippen LogP contribution in [0.3, 0.4) is 0 Å². The van der Waals surface area contributed by atoms with Crippen molar-refractivity contribution < 1.29 is 13.5 Å². The van der Waals surface area contributed by atoms with E-state index in [0.717, 1.165) is 11.3 Å². The maximum absolute atomic E-state index is 13.3. The number of rotatable bonds is 3. The summed E-state index contributed by atoms with van der Waals surface area (Å²) in [6.45, 7) is 1.85. The molecule has 2 N–H and O–H groups in total. The molecule has 90 valence electrons. The van der Waals surface area contributed by atoms with Crippen LogP contribution in [0, 0.1) is 12.7 Å². The Morgan fingerprint density at radius 1 is 1.29 bits per heavy atom. The summed E-state index contributed by atoms with van der Waals surface area (Å²) >= 11 is 0. The van der Waals surface area contributed by atoms with E-state index in [2.05, 4.69) is 0 Å². The Hall–Kier alpha value is -1.81. The second-order valence-electron chi connectivity index (χ2n) is 3.82. The van der Waals surface area contributed by atoms with Gasteiger partial charge >= 0.3 is 0 Å². The molecule has 3 nitrogen and oxygen atoms in total. The summed E-state index contributed by atoms with van der Waals surface area (Å²) in [5.41, 5.74) is 6.78. The van der Waals surface area contributed by atoms with Gasteiger partial charge in [0.15, 0.2) is 11.6 Å². The molecule has 4 heteroatoms. The van der Waals surface area contributed by atoms with Crippen molar-refractivity contribution in [3.8, 4) is 5.75 Å². The second-order valence-corrected chi connectivity index (χ2v) is 3.82. The fourth-order valence-corrected chi connectivity index (χ4v) is 1.65. The number of ether oxygens (including phenoxy) is 1. The van der Waals surface area contributed by atoms with Crippen molar-refractivity contribution in [2.24, 2.45) is 5.73 Å². The molecular weight excluding hydrogens is 221 g/mol. The van der Waals surface area contributed by atoms with Crippen LogP contribution in [0.2, 0.25) is 0 Å². The first kappa shape index (κ1) is 11.7. The van der Waals surface area contributed by atoms with Crippen molar-refractivity contribution >= 4 is 0 Å². The van der Waals surface area contributed by atoms with Gasteiger partial charge in [0.1, 0.15) is 11.5 Å². The molecule has 2 aromatic rings. The lowest BCUT2D eigenvalue weighted by Gasteiger charge is -2.11. The fraction of sp³-hybridized carbons (Fsp3) is 0.231. The first-order valence-electron chi connectivity index (χ1n) is 5.27. The number of methoxy groups -OCH3 is 1. The summed E-state index contributed by atoms with van der Waals surface area (Å²) in [5.74, 6) is 1.22. The summed E-state index contributed by atoms with van der Waals surface area (Å²) < 4.78 is 23.6. The molecule has 1 aromatic heterocycles. The minimum Gasteiger partial charge on any atom is -0.494 e. The average Bonchev–Trinajstić information content (AvgIpc) is 2.75. The van der Waals surface area contributed by atoms with Crippen LogP contribution < -0.4 is 10.5 Å². The zero-order valence-corrected chi connectivity index (χ0v) is 9.74. The van der Waals surface area contributed by atoms with Crippen molar-refractivity contribution in [2.75, 3.05) is 7.11 Å². The van der Waals surface area contributed by atoms with E-state index in [1.54, 1.807) is 12.1 Å². The minimum atomic E-state index is -0.418. The fourth-order valence-electron chi connectivity index (χ4n) is 1.65. The molecule has 0 aliphatic carbocycles. The van der Waals surface area contributed by atoms with E-state index in [4.69, 9.17) is 14.9 Å². The molecule has 0 aliphatic rings. The van der Waals surface area contributed by atoms with Gasteiger partial charge in [0, 0.05) is 0 Å². The van der Waals surface area contributed by atoms with Crippen LogP contribution in [-0.4, -0.2) is 7.11 Å². The highest BCUT2D eigenvalue weighted by molar-refractivity contribution is 5.35. The number of hydrogen-bond donors (Lipinski definition) is 1. The van der Waals surface area contributed by atoms with Crippen molar-refractivity contribution in [3.05, 3.63) is 53.2 Å². The van der Waals surface area contributed by atoms with E-state index < -0.39 is 11.9 Å². The predicted octanol–water partition coefficient (Wildman–Crippen LogP) is 2.78. The summed E-state index contributed by atoms with van der Waals surface area (Å²) in [4.78, 5) is 0. The smallest absolute Gasteiger partial charge is 0.165 e. The minimum absolute atomic E-state index is 0.182. The standard InChI is InChI=1S/C13H14FNO2/c1-8-3-6-11(17-8)13(15)9-4-5-10(14)12(7-9)16-2/h3-7,13H,15H2,1-2H3. The zero-order chi connectivity index (χ0) is 12.4. The summed E-state index contributed by atoms with van der Waals surface area (Å²) in [5, 5.41) is 0. The monoisotopic (exact) mass is 235 g/mol. The molecule has 1 unspecified atom stereocenters. The van der Waals surface area contributed by atoms with Gasteiger partial charge in [-0.15, -0.1) is 0 Å². The molecule has 1 atom stereocenters. The van der Waals surface area contributed by atoms with E-state index in [0.29, 0.717) is 5.76 Å². The van der Waals surface area contributed by atoms with Crippen LogP contribution in [0.15, 0.2) is 34.7 Å². The molecule has 0 radical (unpaired) electrons. The van der Waals surface area contributed by atoms with Gasteiger partial charge in [-0.25, -0.2) is 4.39 Å². The second kappa shape index (κ2) is 4.59. The van der Waals surface area contributed by atoms with Crippen molar-refractivity contribution in [1.82, 2.24) is 0 Å². The van der Waals surface area contributed by atoms with E-state index in [9.17, 15) is 4.39 Å². The molecule has 0 aliphatic heterocycles. The van der Waals surface area contributed by atoms with Crippen molar-refractivity contribution in [1.29, 1.82) is 0 Å². The van der Waals surface area contributed by atoms with Gasteiger partial charge in [0.25, 0.3) is 0 Å². The number of nitrogens with two attached hydrogens (primary N) is 1. The third-order valence-electron chi connectivity index (χ3n) is 2.60. The molecule has 0 spiro atoms. The maximum atomic E-state index is 13.3. The largest absolute Gasteiger partial charge is 0.494 e. The van der Waals surface area contributed by atoms with Crippen LogP contribution in [0.25, 0.3) is 0 Å². The van der Waals surface area contributed by atoms with Crippen LogP contribution in [-0.2, 0) is 0 Å². The van der Waals surface area contributed by atoms with Gasteiger partial charge < -0.3 is 14.9 Å². The molecular formula is C13H14FNO2. The third kappa shape index (κ3) is 2.31. The SMILES string of the molecule is COc1cc(C(N)c2ccc(C)o2)ccc1F. The highest BCUT2D eigenvalue weighted by Crippen LogP contribution is 2.26. The Morgan fingerprint density at radius 2 is 2.06 bits per heavy atom. The molecule has 0 saturated heterocycles. The highest BCUT2D eigenvalue weighted by Gasteiger charge is 2.14. The molecule has 0 bridgehead atoms. The van der Waals surface area contributed by atoms with Gasteiger partial charge in [0.2, 0.25) is 0 Å². The lowest BCUT2D eigenvalue weighted by atomic mass is 10.1. The number of furan rings is 1. The maximum Gasteiger partial charge on any atom is 0.165 e. The Bertz CT molecular complexity index is 522. The zero-order valence-electron chi connectivity index (χ0n) is 9.74. The number of benzene rings is 1. The van der Waals surface area contributed by atoms with Crippen molar-refractivity contribution in [2.45, 2.75) is 13.0 Å². The lowest BCUT2D eigenvalue weighted by molar-refractivity contribution is 0.385. The summed E-state index contributed by atoms with van der Waals surface area (Å²) in [6, 6.07) is 7.78. The molecule has 1 heterocycles. The van der Waals surface area contributed by atoms with E-state index in [1.807, 2.05) is 19.1 Å². The first-order valence-corrected chi connectivity index (χ1v) is 5.27. The Balaban J connectivity index is 2.34. The van der Waals surface area contributed by atoms with Gasteiger partial charge in [-0.2, -0.15) is 0 Å². The van der Waals surface area contributed by atoms with Gasteiger partial charge in [-0.05, 0) is 36.8 Å².